The van der Waals surface area contributed by atoms with Gasteiger partial charge < -0.3 is 54.7 Å². The molecule has 3 rings (SSSR count). The second-order valence-electron chi connectivity index (χ2n) is 10.0. The fourth-order valence-electron chi connectivity index (χ4n) is 5.00. The van der Waals surface area contributed by atoms with Gasteiger partial charge in [0.1, 0.15) is 48.8 Å². The quantitative estimate of drug-likeness (QED) is 0.216. The smallest absolute Gasteiger partial charge is 0.186 e. The van der Waals surface area contributed by atoms with E-state index in [1.165, 1.54) is 0 Å². The molecule has 0 bridgehead atoms. The fourth-order valence-corrected chi connectivity index (χ4v) is 5.00. The molecule has 0 unspecified atom stereocenters. The summed E-state index contributed by atoms with van der Waals surface area (Å²) in [6.07, 6.45) is -11.4. The zero-order chi connectivity index (χ0) is 24.4. The zero-order valence-electron chi connectivity index (χ0n) is 19.4. The van der Waals surface area contributed by atoms with Gasteiger partial charge in [0.15, 0.2) is 12.6 Å². The van der Waals surface area contributed by atoms with Gasteiger partial charge in [-0.25, -0.2) is 0 Å². The van der Waals surface area contributed by atoms with Crippen LogP contribution in [-0.2, 0) is 18.9 Å². The number of aliphatic hydroxyl groups excluding tert-OH is 7. The second-order valence-corrected chi connectivity index (χ2v) is 10.0. The van der Waals surface area contributed by atoms with Crippen LogP contribution in [0.1, 0.15) is 40.0 Å². The molecule has 2 aliphatic heterocycles. The summed E-state index contributed by atoms with van der Waals surface area (Å²) in [4.78, 5) is 0. The third-order valence-electron chi connectivity index (χ3n) is 7.21. The summed E-state index contributed by atoms with van der Waals surface area (Å²) in [5.41, 5.74) is 0. The van der Waals surface area contributed by atoms with E-state index in [9.17, 15) is 35.7 Å². The topological polar surface area (TPSA) is 179 Å². The minimum absolute atomic E-state index is 0.178. The van der Waals surface area contributed by atoms with E-state index in [1.807, 2.05) is 0 Å². The Labute approximate surface area is 193 Å². The third-order valence-corrected chi connectivity index (χ3v) is 7.21. The Hall–Kier alpha value is -0.440. The molecule has 1 aliphatic carbocycles. The first-order valence-corrected chi connectivity index (χ1v) is 11.8. The first-order valence-electron chi connectivity index (χ1n) is 11.8. The van der Waals surface area contributed by atoms with Crippen LogP contribution in [0.5, 0.6) is 0 Å². The van der Waals surface area contributed by atoms with Gasteiger partial charge in [-0.15, -0.1) is 0 Å². The van der Waals surface area contributed by atoms with Crippen molar-refractivity contribution in [3.63, 3.8) is 0 Å². The van der Waals surface area contributed by atoms with E-state index in [0.29, 0.717) is 11.8 Å². The van der Waals surface area contributed by atoms with Crippen LogP contribution in [0.3, 0.4) is 0 Å². The number of ether oxygens (including phenoxy) is 4. The highest BCUT2D eigenvalue weighted by molar-refractivity contribution is 4.92. The lowest BCUT2D eigenvalue weighted by molar-refractivity contribution is -0.339. The summed E-state index contributed by atoms with van der Waals surface area (Å²) >= 11 is 0. The van der Waals surface area contributed by atoms with Crippen LogP contribution in [0.2, 0.25) is 0 Å². The van der Waals surface area contributed by atoms with E-state index >= 15 is 0 Å². The average Bonchev–Trinajstić information content (AvgIpc) is 2.78. The molecule has 0 spiro atoms. The number of aliphatic hydroxyl groups is 7. The molecule has 1 saturated carbocycles. The molecule has 0 aromatic rings. The summed E-state index contributed by atoms with van der Waals surface area (Å²) in [6.45, 7) is 5.39. The lowest BCUT2D eigenvalue weighted by Crippen LogP contribution is -2.62. The van der Waals surface area contributed by atoms with Crippen molar-refractivity contribution in [2.75, 3.05) is 13.2 Å². The zero-order valence-corrected chi connectivity index (χ0v) is 19.4. The highest BCUT2D eigenvalue weighted by Crippen LogP contribution is 2.37. The molecule has 0 amide bonds. The molecule has 33 heavy (non-hydrogen) atoms. The maximum Gasteiger partial charge on any atom is 0.186 e. The van der Waals surface area contributed by atoms with Crippen molar-refractivity contribution in [3.8, 4) is 0 Å². The highest BCUT2D eigenvalue weighted by atomic mass is 16.7. The van der Waals surface area contributed by atoms with E-state index in [2.05, 4.69) is 20.8 Å². The standard InChI is InChI=1S/C22H40O11/c1-9(2)11-5-4-10(3)6-12(11)31-22-20(29)18(27)16(25)14(33-22)8-30-21-19(28)17(26)15(24)13(7-23)32-21/h9-29H,4-8H2,1-3H3/t10-,11+,12+,13-,14-,15-,16-,17+,18+,19-,20-,21-,22-/m1/s1. The molecule has 0 radical (unpaired) electrons. The van der Waals surface area contributed by atoms with Crippen molar-refractivity contribution in [2.45, 2.75) is 108 Å². The van der Waals surface area contributed by atoms with Crippen LogP contribution in [0.25, 0.3) is 0 Å². The maximum absolute atomic E-state index is 10.5. The summed E-state index contributed by atoms with van der Waals surface area (Å²) in [5.74, 6) is 1.08. The molecule has 7 N–H and O–H groups in total. The van der Waals surface area contributed by atoms with E-state index in [-0.39, 0.29) is 18.6 Å². The van der Waals surface area contributed by atoms with Gasteiger partial charge in [-0.3, -0.25) is 0 Å². The van der Waals surface area contributed by atoms with Gasteiger partial charge in [-0.05, 0) is 30.6 Å². The Balaban J connectivity index is 1.64. The molecular weight excluding hydrogens is 440 g/mol. The lowest BCUT2D eigenvalue weighted by Gasteiger charge is -2.45. The van der Waals surface area contributed by atoms with Crippen molar-refractivity contribution in [3.05, 3.63) is 0 Å². The van der Waals surface area contributed by atoms with Gasteiger partial charge in [0.05, 0.1) is 19.3 Å². The molecule has 3 aliphatic rings. The van der Waals surface area contributed by atoms with E-state index in [0.717, 1.165) is 19.3 Å². The highest BCUT2D eigenvalue weighted by Gasteiger charge is 2.48. The summed E-state index contributed by atoms with van der Waals surface area (Å²) < 4.78 is 22.7. The summed E-state index contributed by atoms with van der Waals surface area (Å²) in [7, 11) is 0. The van der Waals surface area contributed by atoms with Crippen molar-refractivity contribution < 1.29 is 54.7 Å². The van der Waals surface area contributed by atoms with E-state index in [4.69, 9.17) is 18.9 Å². The monoisotopic (exact) mass is 480 g/mol. The first kappa shape index (κ1) is 27.2. The Morgan fingerprint density at radius 1 is 0.788 bits per heavy atom. The summed E-state index contributed by atoms with van der Waals surface area (Å²) in [5, 5.41) is 70.5. The van der Waals surface area contributed by atoms with Crippen molar-refractivity contribution in [2.24, 2.45) is 17.8 Å². The van der Waals surface area contributed by atoms with Crippen LogP contribution in [0, 0.1) is 17.8 Å². The molecule has 3 fully saturated rings. The normalized spacial score (nSPS) is 49.4. The van der Waals surface area contributed by atoms with E-state index < -0.39 is 68.0 Å². The Kier molecular flexibility index (Phi) is 9.49. The number of hydrogen-bond acceptors (Lipinski definition) is 11. The van der Waals surface area contributed by atoms with Gasteiger partial charge in [0.2, 0.25) is 0 Å². The molecule has 2 saturated heterocycles. The lowest BCUT2D eigenvalue weighted by atomic mass is 9.75. The SMILES string of the molecule is CC(C)[C@@H]1CC[C@@H](C)C[C@@H]1O[C@@H]1O[C@H](CO[C@@H]2O[C@H](CO)[C@@H](O)[C@H](O)[C@H]2O)[C@@H](O)[C@H](O)[C@H]1O. The molecule has 2 heterocycles. The molecular formula is C22H40O11. The Morgan fingerprint density at radius 2 is 1.36 bits per heavy atom. The van der Waals surface area contributed by atoms with Crippen molar-refractivity contribution >= 4 is 0 Å². The van der Waals surface area contributed by atoms with Gasteiger partial charge >= 0.3 is 0 Å². The molecule has 13 atom stereocenters. The second kappa shape index (κ2) is 11.5. The number of hydrogen-bond donors (Lipinski definition) is 7. The fraction of sp³-hybridized carbons (Fsp3) is 1.00. The summed E-state index contributed by atoms with van der Waals surface area (Å²) in [6, 6.07) is 0. The van der Waals surface area contributed by atoms with E-state index in [1.54, 1.807) is 0 Å². The largest absolute Gasteiger partial charge is 0.394 e. The minimum Gasteiger partial charge on any atom is -0.394 e. The maximum atomic E-state index is 10.5. The van der Waals surface area contributed by atoms with Gasteiger partial charge in [0.25, 0.3) is 0 Å². The predicted molar refractivity (Wildman–Crippen MR) is 113 cm³/mol. The van der Waals surface area contributed by atoms with Gasteiger partial charge in [-0.1, -0.05) is 27.2 Å². The van der Waals surface area contributed by atoms with Crippen LogP contribution in [0.4, 0.5) is 0 Å². The molecule has 0 aromatic carbocycles. The van der Waals surface area contributed by atoms with Gasteiger partial charge in [0, 0.05) is 0 Å². The number of rotatable bonds is 7. The van der Waals surface area contributed by atoms with Crippen molar-refractivity contribution in [1.82, 2.24) is 0 Å². The Morgan fingerprint density at radius 3 is 1.97 bits per heavy atom. The van der Waals surface area contributed by atoms with Gasteiger partial charge in [-0.2, -0.15) is 0 Å². The molecule has 11 nitrogen and oxygen atoms in total. The average molecular weight is 481 g/mol. The van der Waals surface area contributed by atoms with Crippen LogP contribution < -0.4 is 0 Å². The Bertz CT molecular complexity index is 605. The predicted octanol–water partition coefficient (Wildman–Crippen LogP) is -1.91. The minimum atomic E-state index is -1.61. The molecule has 11 heteroatoms. The third kappa shape index (κ3) is 6.04. The van der Waals surface area contributed by atoms with Crippen LogP contribution >= 0.6 is 0 Å². The van der Waals surface area contributed by atoms with Crippen LogP contribution in [0.15, 0.2) is 0 Å². The first-order chi connectivity index (χ1) is 15.5. The molecule has 0 aromatic heterocycles. The van der Waals surface area contributed by atoms with Crippen LogP contribution in [-0.4, -0.2) is 116 Å². The molecule has 194 valence electrons. The van der Waals surface area contributed by atoms with Crippen molar-refractivity contribution in [1.29, 1.82) is 0 Å².